The van der Waals surface area contributed by atoms with Crippen molar-refractivity contribution in [3.63, 3.8) is 0 Å². The Morgan fingerprint density at radius 1 is 1.18 bits per heavy atom. The summed E-state index contributed by atoms with van der Waals surface area (Å²) >= 11 is 6.34. The Bertz CT molecular complexity index is 1270. The maximum absolute atomic E-state index is 13.7. The molecule has 0 aliphatic heterocycles. The molecule has 3 N–H and O–H groups in total. The number of nitrogens with two attached hydrogens (primary N) is 1. The monoisotopic (exact) mass is 468 g/mol. The summed E-state index contributed by atoms with van der Waals surface area (Å²) in [6.07, 6.45) is 0.620. The maximum Gasteiger partial charge on any atom is 0.330 e. The third kappa shape index (κ3) is 4.72. The van der Waals surface area contributed by atoms with E-state index in [9.17, 15) is 14.4 Å². The summed E-state index contributed by atoms with van der Waals surface area (Å²) in [4.78, 5) is 42.6. The molecule has 4 rings (SSSR count). The van der Waals surface area contributed by atoms with E-state index in [1.807, 2.05) is 48.5 Å². The first-order valence-electron chi connectivity index (χ1n) is 10.6. The average molecular weight is 469 g/mol. The summed E-state index contributed by atoms with van der Waals surface area (Å²) in [5, 5.41) is 0.609. The van der Waals surface area contributed by atoms with Crippen LogP contribution in [0.1, 0.15) is 23.5 Å². The molecule has 1 aliphatic carbocycles. The van der Waals surface area contributed by atoms with Gasteiger partial charge in [0, 0.05) is 18.1 Å². The summed E-state index contributed by atoms with van der Waals surface area (Å²) in [6.45, 7) is 0.505. The van der Waals surface area contributed by atoms with Gasteiger partial charge in [-0.3, -0.25) is 24.0 Å². The van der Waals surface area contributed by atoms with Gasteiger partial charge in [0.25, 0.3) is 5.56 Å². The topological polar surface area (TPSA) is 110 Å². The number of H-pyrrole nitrogens is 1. The Morgan fingerprint density at radius 3 is 2.58 bits per heavy atom. The number of carbonyl (C=O) groups excluding carboxylic acids is 1. The minimum atomic E-state index is -0.703. The minimum Gasteiger partial charge on any atom is -0.383 e. The molecule has 9 heteroatoms. The number of aromatic nitrogens is 2. The normalized spacial score (nSPS) is 17.0. The fourth-order valence-electron chi connectivity index (χ4n) is 4.06. The molecular weight excluding hydrogens is 444 g/mol. The van der Waals surface area contributed by atoms with Gasteiger partial charge < -0.3 is 10.5 Å². The van der Waals surface area contributed by atoms with Crippen LogP contribution in [0.3, 0.4) is 0 Å². The molecular formula is C24H25ClN4O4. The number of ether oxygens (including phenoxy) is 1. The van der Waals surface area contributed by atoms with Crippen LogP contribution in [-0.4, -0.2) is 29.2 Å². The fraction of sp³-hybridized carbons (Fsp3) is 0.292. The lowest BCUT2D eigenvalue weighted by Crippen LogP contribution is -2.42. The van der Waals surface area contributed by atoms with Crippen molar-refractivity contribution in [2.45, 2.75) is 25.4 Å². The second-order valence-corrected chi connectivity index (χ2v) is 8.42. The van der Waals surface area contributed by atoms with Gasteiger partial charge in [0.05, 0.1) is 19.7 Å². The number of benzene rings is 2. The number of rotatable bonds is 8. The average Bonchev–Trinajstić information content (AvgIpc) is 3.59. The van der Waals surface area contributed by atoms with Crippen molar-refractivity contribution in [3.05, 3.63) is 91.6 Å². The predicted molar refractivity (Wildman–Crippen MR) is 128 cm³/mol. The third-order valence-corrected chi connectivity index (χ3v) is 6.21. The van der Waals surface area contributed by atoms with E-state index in [1.54, 1.807) is 6.07 Å². The lowest BCUT2D eigenvalue weighted by Gasteiger charge is -2.25. The van der Waals surface area contributed by atoms with Crippen LogP contribution in [0, 0.1) is 5.92 Å². The van der Waals surface area contributed by atoms with E-state index < -0.39 is 11.2 Å². The zero-order valence-corrected chi connectivity index (χ0v) is 18.9. The Balaban J connectivity index is 1.74. The van der Waals surface area contributed by atoms with Crippen molar-refractivity contribution in [1.29, 1.82) is 0 Å². The number of anilines is 2. The quantitative estimate of drug-likeness (QED) is 0.528. The fourth-order valence-corrected chi connectivity index (χ4v) is 4.34. The number of nitrogens with one attached hydrogen (secondary N) is 1. The summed E-state index contributed by atoms with van der Waals surface area (Å²) in [5.41, 5.74) is 6.63. The summed E-state index contributed by atoms with van der Waals surface area (Å²) in [5.74, 6) is -0.686. The largest absolute Gasteiger partial charge is 0.383 e. The molecule has 3 aromatic rings. The van der Waals surface area contributed by atoms with E-state index in [-0.39, 0.29) is 48.9 Å². The van der Waals surface area contributed by atoms with E-state index in [2.05, 4.69) is 4.98 Å². The molecule has 1 aromatic heterocycles. The molecule has 0 radical (unpaired) electrons. The van der Waals surface area contributed by atoms with Gasteiger partial charge in [-0.05, 0) is 29.5 Å². The van der Waals surface area contributed by atoms with Crippen molar-refractivity contribution in [2.75, 3.05) is 24.4 Å². The van der Waals surface area contributed by atoms with Gasteiger partial charge in [0.2, 0.25) is 5.91 Å². The van der Waals surface area contributed by atoms with Gasteiger partial charge >= 0.3 is 5.69 Å². The van der Waals surface area contributed by atoms with Crippen molar-refractivity contribution in [2.24, 2.45) is 5.92 Å². The highest BCUT2D eigenvalue weighted by atomic mass is 35.5. The van der Waals surface area contributed by atoms with Gasteiger partial charge in [-0.25, -0.2) is 4.79 Å². The van der Waals surface area contributed by atoms with Gasteiger partial charge in [-0.2, -0.15) is 0 Å². The second kappa shape index (κ2) is 9.64. The van der Waals surface area contributed by atoms with Crippen LogP contribution in [0.5, 0.6) is 0 Å². The molecule has 2 atom stereocenters. The molecule has 1 fully saturated rings. The van der Waals surface area contributed by atoms with Crippen molar-refractivity contribution >= 4 is 29.0 Å². The molecule has 0 bridgehead atoms. The highest BCUT2D eigenvalue weighted by Crippen LogP contribution is 2.51. The van der Waals surface area contributed by atoms with E-state index >= 15 is 0 Å². The summed E-state index contributed by atoms with van der Waals surface area (Å²) in [7, 11) is 1.50. The number of hydrogen-bond acceptors (Lipinski definition) is 5. The SMILES string of the molecule is COCCn1c(N)c(N(Cc2ccccc2)C(=O)C2CC2c2ccccc2Cl)c(=O)[nH]c1=O. The lowest BCUT2D eigenvalue weighted by molar-refractivity contribution is -0.120. The van der Waals surface area contributed by atoms with E-state index in [0.29, 0.717) is 11.4 Å². The van der Waals surface area contributed by atoms with E-state index in [1.165, 1.54) is 16.6 Å². The van der Waals surface area contributed by atoms with Crippen LogP contribution in [0.15, 0.2) is 64.2 Å². The standard InChI is InChI=1S/C24H25ClN4O4/c1-33-12-11-28-21(26)20(22(30)27-24(28)32)29(14-15-7-3-2-4-8-15)23(31)18-13-17(18)16-9-5-6-10-19(16)25/h2-10,17-18H,11-14,26H2,1H3,(H,27,30,32). The third-order valence-electron chi connectivity index (χ3n) is 5.86. The maximum atomic E-state index is 13.7. The van der Waals surface area contributed by atoms with E-state index in [0.717, 1.165) is 11.1 Å². The van der Waals surface area contributed by atoms with Crippen LogP contribution in [0.25, 0.3) is 0 Å². The molecule has 1 saturated carbocycles. The molecule has 1 aliphatic rings. The molecule has 33 heavy (non-hydrogen) atoms. The van der Waals surface area contributed by atoms with Crippen molar-refractivity contribution in [1.82, 2.24) is 9.55 Å². The Hall–Kier alpha value is -3.36. The van der Waals surface area contributed by atoms with E-state index in [4.69, 9.17) is 22.1 Å². The molecule has 0 saturated heterocycles. The van der Waals surface area contributed by atoms with Gasteiger partial charge in [0.1, 0.15) is 5.82 Å². The molecule has 8 nitrogen and oxygen atoms in total. The Morgan fingerprint density at radius 2 is 1.88 bits per heavy atom. The molecule has 1 heterocycles. The molecule has 1 amide bonds. The highest BCUT2D eigenvalue weighted by molar-refractivity contribution is 6.31. The summed E-state index contributed by atoms with van der Waals surface area (Å²) in [6, 6.07) is 16.8. The zero-order valence-electron chi connectivity index (χ0n) is 18.2. The highest BCUT2D eigenvalue weighted by Gasteiger charge is 2.47. The number of hydrogen-bond donors (Lipinski definition) is 2. The molecule has 2 unspecified atom stereocenters. The molecule has 0 spiro atoms. The first kappa shape index (κ1) is 22.8. The number of methoxy groups -OCH3 is 1. The van der Waals surface area contributed by atoms with Crippen LogP contribution in [0.2, 0.25) is 5.02 Å². The number of nitrogens with zero attached hydrogens (tertiary/aromatic N) is 2. The number of nitrogen functional groups attached to an aromatic ring is 1. The Kier molecular flexibility index (Phi) is 6.67. The van der Waals surface area contributed by atoms with Crippen LogP contribution >= 0.6 is 11.6 Å². The van der Waals surface area contributed by atoms with Gasteiger partial charge in [0.15, 0.2) is 5.69 Å². The smallest absolute Gasteiger partial charge is 0.330 e. The van der Waals surface area contributed by atoms with Crippen LogP contribution in [0.4, 0.5) is 11.5 Å². The first-order chi connectivity index (χ1) is 15.9. The molecule has 172 valence electrons. The van der Waals surface area contributed by atoms with Gasteiger partial charge in [-0.1, -0.05) is 60.1 Å². The van der Waals surface area contributed by atoms with Crippen LogP contribution in [-0.2, 0) is 22.6 Å². The summed E-state index contributed by atoms with van der Waals surface area (Å²) < 4.78 is 6.26. The van der Waals surface area contributed by atoms with Crippen molar-refractivity contribution < 1.29 is 9.53 Å². The first-order valence-corrected chi connectivity index (χ1v) is 11.0. The Labute approximate surface area is 195 Å². The van der Waals surface area contributed by atoms with Crippen molar-refractivity contribution in [3.8, 4) is 0 Å². The van der Waals surface area contributed by atoms with Gasteiger partial charge in [-0.15, -0.1) is 0 Å². The number of aromatic amines is 1. The predicted octanol–water partition coefficient (Wildman–Crippen LogP) is 2.76. The second-order valence-electron chi connectivity index (χ2n) is 8.02. The minimum absolute atomic E-state index is 0.0376. The molecule has 2 aromatic carbocycles. The van der Waals surface area contributed by atoms with Crippen LogP contribution < -0.4 is 21.9 Å². The number of carbonyl (C=O) groups is 1. The zero-order chi connectivity index (χ0) is 23.5. The number of halogens is 1. The lowest BCUT2D eigenvalue weighted by atomic mass is 10.1. The number of amides is 1.